The molecule has 0 fully saturated rings. The lowest BCUT2D eigenvalue weighted by molar-refractivity contribution is 0.0698. The molecule has 0 aliphatic carbocycles. The van der Waals surface area contributed by atoms with Gasteiger partial charge < -0.3 is 10.4 Å². The van der Waals surface area contributed by atoms with Crippen molar-refractivity contribution in [2.45, 2.75) is 6.42 Å². The number of anilines is 1. The van der Waals surface area contributed by atoms with E-state index >= 15 is 0 Å². The Balaban J connectivity index is 2.04. The van der Waals surface area contributed by atoms with E-state index in [0.717, 1.165) is 12.0 Å². The summed E-state index contributed by atoms with van der Waals surface area (Å²) in [6.07, 6.45) is 4.25. The van der Waals surface area contributed by atoms with E-state index in [9.17, 15) is 4.79 Å². The zero-order valence-electron chi connectivity index (χ0n) is 10.1. The fraction of sp³-hybridized carbons (Fsp3) is 0.143. The molecule has 1 aromatic heterocycles. The molecule has 5 heteroatoms. The molecule has 2 rings (SSSR count). The van der Waals surface area contributed by atoms with E-state index in [1.165, 1.54) is 0 Å². The zero-order chi connectivity index (χ0) is 13.7. The third kappa shape index (κ3) is 3.45. The molecule has 0 aliphatic heterocycles. The molecule has 19 heavy (non-hydrogen) atoms. The lowest BCUT2D eigenvalue weighted by Crippen LogP contribution is -2.10. The van der Waals surface area contributed by atoms with Crippen LogP contribution in [0.5, 0.6) is 0 Å². The summed E-state index contributed by atoms with van der Waals surface area (Å²) in [5, 5.41) is 12.5. The molecule has 1 heterocycles. The molecule has 2 aromatic rings. The smallest absolute Gasteiger partial charge is 0.339 e. The maximum Gasteiger partial charge on any atom is 0.339 e. The van der Waals surface area contributed by atoms with Crippen LogP contribution in [-0.2, 0) is 6.42 Å². The van der Waals surface area contributed by atoms with Crippen molar-refractivity contribution < 1.29 is 9.90 Å². The molecule has 0 unspecified atom stereocenters. The number of carboxylic acid groups (broad SMARTS) is 1. The lowest BCUT2D eigenvalue weighted by Gasteiger charge is -2.10. The highest BCUT2D eigenvalue weighted by Gasteiger charge is 2.13. The summed E-state index contributed by atoms with van der Waals surface area (Å²) in [5.74, 6) is -1.03. The van der Waals surface area contributed by atoms with Gasteiger partial charge in [-0.1, -0.05) is 17.7 Å². The van der Waals surface area contributed by atoms with Gasteiger partial charge in [-0.3, -0.25) is 4.98 Å². The second-order valence-corrected chi connectivity index (χ2v) is 4.41. The van der Waals surface area contributed by atoms with E-state index in [1.807, 2.05) is 12.1 Å². The molecule has 98 valence electrons. The number of hydrogen-bond acceptors (Lipinski definition) is 3. The standard InChI is InChI=1S/C14H13ClN2O2/c15-11-2-1-3-12(13(11)14(18)19)17-9-6-10-4-7-16-8-5-10/h1-5,7-8,17H,6,9H2,(H,18,19). The highest BCUT2D eigenvalue weighted by molar-refractivity contribution is 6.34. The summed E-state index contributed by atoms with van der Waals surface area (Å²) < 4.78 is 0. The van der Waals surface area contributed by atoms with Gasteiger partial charge in [0.05, 0.1) is 10.7 Å². The van der Waals surface area contributed by atoms with Gasteiger partial charge in [0.25, 0.3) is 0 Å². The summed E-state index contributed by atoms with van der Waals surface area (Å²) in [5.41, 5.74) is 1.79. The predicted molar refractivity (Wildman–Crippen MR) is 74.8 cm³/mol. The van der Waals surface area contributed by atoms with Crippen molar-refractivity contribution in [1.29, 1.82) is 0 Å². The molecule has 0 spiro atoms. The van der Waals surface area contributed by atoms with Crippen LogP contribution in [0.3, 0.4) is 0 Å². The Hall–Kier alpha value is -2.07. The average Bonchev–Trinajstić information content (AvgIpc) is 2.39. The largest absolute Gasteiger partial charge is 0.478 e. The number of aromatic nitrogens is 1. The van der Waals surface area contributed by atoms with Crippen molar-refractivity contribution in [3.63, 3.8) is 0 Å². The van der Waals surface area contributed by atoms with Gasteiger partial charge in [-0.15, -0.1) is 0 Å². The van der Waals surface area contributed by atoms with Crippen molar-refractivity contribution in [2.24, 2.45) is 0 Å². The minimum Gasteiger partial charge on any atom is -0.478 e. The van der Waals surface area contributed by atoms with E-state index in [2.05, 4.69) is 10.3 Å². The Morgan fingerprint density at radius 3 is 2.68 bits per heavy atom. The van der Waals surface area contributed by atoms with Crippen molar-refractivity contribution in [3.05, 3.63) is 58.9 Å². The Morgan fingerprint density at radius 1 is 1.26 bits per heavy atom. The second kappa shape index (κ2) is 6.20. The van der Waals surface area contributed by atoms with Crippen molar-refractivity contribution >= 4 is 23.3 Å². The molecule has 0 amide bonds. The monoisotopic (exact) mass is 276 g/mol. The summed E-state index contributed by atoms with van der Waals surface area (Å²) in [4.78, 5) is 15.1. The normalized spacial score (nSPS) is 10.2. The van der Waals surface area contributed by atoms with Gasteiger partial charge in [0, 0.05) is 18.9 Å². The number of halogens is 1. The van der Waals surface area contributed by atoms with Gasteiger partial charge in [0.15, 0.2) is 0 Å². The molecule has 0 saturated heterocycles. The van der Waals surface area contributed by atoms with Crippen molar-refractivity contribution in [2.75, 3.05) is 11.9 Å². The third-order valence-corrected chi connectivity index (χ3v) is 3.02. The molecule has 0 bridgehead atoms. The minimum atomic E-state index is -1.03. The molecular weight excluding hydrogens is 264 g/mol. The molecule has 0 atom stereocenters. The first-order valence-electron chi connectivity index (χ1n) is 5.83. The van der Waals surface area contributed by atoms with Crippen LogP contribution in [0.2, 0.25) is 5.02 Å². The second-order valence-electron chi connectivity index (χ2n) is 4.00. The SMILES string of the molecule is O=C(O)c1c(Cl)cccc1NCCc1ccncc1. The highest BCUT2D eigenvalue weighted by atomic mass is 35.5. The third-order valence-electron chi connectivity index (χ3n) is 2.71. The number of carbonyl (C=O) groups is 1. The zero-order valence-corrected chi connectivity index (χ0v) is 10.9. The maximum atomic E-state index is 11.1. The van der Waals surface area contributed by atoms with Gasteiger partial charge in [0.2, 0.25) is 0 Å². The van der Waals surface area contributed by atoms with Gasteiger partial charge in [-0.2, -0.15) is 0 Å². The number of rotatable bonds is 5. The molecule has 0 saturated carbocycles. The molecule has 2 N–H and O–H groups in total. The van der Waals surface area contributed by atoms with Crippen LogP contribution in [0.15, 0.2) is 42.7 Å². The number of hydrogen-bond donors (Lipinski definition) is 2. The Morgan fingerprint density at radius 2 is 2.00 bits per heavy atom. The first-order valence-corrected chi connectivity index (χ1v) is 6.21. The van der Waals surface area contributed by atoms with E-state index in [-0.39, 0.29) is 10.6 Å². The number of pyridine rings is 1. The van der Waals surface area contributed by atoms with Crippen LogP contribution in [-0.4, -0.2) is 22.6 Å². The van der Waals surface area contributed by atoms with E-state index in [4.69, 9.17) is 16.7 Å². The van der Waals surface area contributed by atoms with Crippen LogP contribution in [0.25, 0.3) is 0 Å². The molecule has 0 radical (unpaired) electrons. The highest BCUT2D eigenvalue weighted by Crippen LogP contribution is 2.24. The van der Waals surface area contributed by atoms with Gasteiger partial charge in [-0.05, 0) is 36.2 Å². The summed E-state index contributed by atoms with van der Waals surface area (Å²) in [6, 6.07) is 8.86. The fourth-order valence-corrected chi connectivity index (χ4v) is 2.04. The Kier molecular flexibility index (Phi) is 4.36. The molecule has 4 nitrogen and oxygen atoms in total. The van der Waals surface area contributed by atoms with Gasteiger partial charge in [-0.25, -0.2) is 4.79 Å². The Bertz CT molecular complexity index is 573. The minimum absolute atomic E-state index is 0.110. The first kappa shape index (κ1) is 13.4. The topological polar surface area (TPSA) is 62.2 Å². The van der Waals surface area contributed by atoms with E-state index in [0.29, 0.717) is 12.2 Å². The predicted octanol–water partition coefficient (Wildman–Crippen LogP) is 3.09. The Labute approximate surface area is 116 Å². The quantitative estimate of drug-likeness (QED) is 0.881. The van der Waals surface area contributed by atoms with E-state index < -0.39 is 5.97 Å². The van der Waals surface area contributed by atoms with Crippen LogP contribution in [0.4, 0.5) is 5.69 Å². The van der Waals surface area contributed by atoms with Gasteiger partial charge >= 0.3 is 5.97 Å². The number of nitrogens with one attached hydrogen (secondary N) is 1. The van der Waals surface area contributed by atoms with Crippen molar-refractivity contribution in [3.8, 4) is 0 Å². The number of carboxylic acids is 1. The first-order chi connectivity index (χ1) is 9.18. The van der Waals surface area contributed by atoms with Crippen LogP contribution in [0.1, 0.15) is 15.9 Å². The number of nitrogens with zero attached hydrogens (tertiary/aromatic N) is 1. The fourth-order valence-electron chi connectivity index (χ4n) is 1.78. The number of aromatic carboxylic acids is 1. The molecule has 0 aliphatic rings. The maximum absolute atomic E-state index is 11.1. The summed E-state index contributed by atoms with van der Waals surface area (Å²) in [7, 11) is 0. The summed E-state index contributed by atoms with van der Waals surface area (Å²) in [6.45, 7) is 0.630. The van der Waals surface area contributed by atoms with Crippen LogP contribution in [0, 0.1) is 0 Å². The van der Waals surface area contributed by atoms with Crippen molar-refractivity contribution in [1.82, 2.24) is 4.98 Å². The average molecular weight is 277 g/mol. The summed E-state index contributed by atoms with van der Waals surface area (Å²) >= 11 is 5.89. The lowest BCUT2D eigenvalue weighted by atomic mass is 10.1. The van der Waals surface area contributed by atoms with Crippen LogP contribution >= 0.6 is 11.6 Å². The molecular formula is C14H13ClN2O2. The number of benzene rings is 1. The van der Waals surface area contributed by atoms with E-state index in [1.54, 1.807) is 30.6 Å². The van der Waals surface area contributed by atoms with Gasteiger partial charge in [0.1, 0.15) is 5.56 Å². The molecule has 1 aromatic carbocycles. The van der Waals surface area contributed by atoms with Crippen LogP contribution < -0.4 is 5.32 Å².